The molecule has 2 aromatic carbocycles. The fourth-order valence-corrected chi connectivity index (χ4v) is 1.93. The van der Waals surface area contributed by atoms with Crippen LogP contribution in [0.2, 0.25) is 0 Å². The minimum absolute atomic E-state index is 0.310. The zero-order valence-electron chi connectivity index (χ0n) is 11.8. The molecule has 0 aliphatic carbocycles. The second-order valence-electron chi connectivity index (χ2n) is 4.94. The van der Waals surface area contributed by atoms with Gasteiger partial charge in [-0.05, 0) is 68.7 Å². The van der Waals surface area contributed by atoms with Crippen LogP contribution in [-0.2, 0) is 0 Å². The molecule has 0 aliphatic rings. The van der Waals surface area contributed by atoms with E-state index in [9.17, 15) is 4.79 Å². The molecule has 2 aromatic rings. The second kappa shape index (κ2) is 5.27. The van der Waals surface area contributed by atoms with Crippen LogP contribution < -0.4 is 4.74 Å². The lowest BCUT2D eigenvalue weighted by molar-refractivity contribution is 0.0734. The largest absolute Gasteiger partial charge is 0.423 e. The van der Waals surface area contributed by atoms with Crippen molar-refractivity contribution in [3.63, 3.8) is 0 Å². The fraction of sp³-hybridized carbons (Fsp3) is 0.235. The zero-order chi connectivity index (χ0) is 14.0. The molecule has 0 unspecified atom stereocenters. The Bertz CT molecular complexity index is 587. The minimum Gasteiger partial charge on any atom is -0.423 e. The van der Waals surface area contributed by atoms with Gasteiger partial charge < -0.3 is 4.74 Å². The van der Waals surface area contributed by atoms with E-state index in [4.69, 9.17) is 4.74 Å². The summed E-state index contributed by atoms with van der Waals surface area (Å²) in [6, 6.07) is 11.2. The molecule has 0 atom stereocenters. The highest BCUT2D eigenvalue weighted by molar-refractivity contribution is 5.91. The van der Waals surface area contributed by atoms with Crippen LogP contribution in [-0.4, -0.2) is 5.97 Å². The zero-order valence-corrected chi connectivity index (χ0v) is 11.8. The lowest BCUT2D eigenvalue weighted by Gasteiger charge is -2.09. The number of hydrogen-bond donors (Lipinski definition) is 0. The summed E-state index contributed by atoms with van der Waals surface area (Å²) in [4.78, 5) is 12.1. The number of esters is 1. The van der Waals surface area contributed by atoms with Gasteiger partial charge in [-0.1, -0.05) is 17.7 Å². The molecule has 2 nitrogen and oxygen atoms in total. The van der Waals surface area contributed by atoms with E-state index in [0.717, 1.165) is 16.7 Å². The van der Waals surface area contributed by atoms with Gasteiger partial charge in [0.25, 0.3) is 0 Å². The van der Waals surface area contributed by atoms with E-state index in [0.29, 0.717) is 11.3 Å². The summed E-state index contributed by atoms with van der Waals surface area (Å²) in [5.74, 6) is 0.265. The molecule has 19 heavy (non-hydrogen) atoms. The quantitative estimate of drug-likeness (QED) is 0.594. The lowest BCUT2D eigenvalue weighted by atomic mass is 10.0. The summed E-state index contributed by atoms with van der Waals surface area (Å²) >= 11 is 0. The Morgan fingerprint density at radius 2 is 1.42 bits per heavy atom. The average molecular weight is 254 g/mol. The van der Waals surface area contributed by atoms with Crippen molar-refractivity contribution in [1.82, 2.24) is 0 Å². The van der Waals surface area contributed by atoms with Crippen molar-refractivity contribution in [2.24, 2.45) is 0 Å². The number of carbonyl (C=O) groups is 1. The Morgan fingerprint density at radius 3 is 1.95 bits per heavy atom. The van der Waals surface area contributed by atoms with E-state index < -0.39 is 0 Å². The molecule has 0 radical (unpaired) electrons. The smallest absolute Gasteiger partial charge is 0.343 e. The molecule has 2 rings (SSSR count). The SMILES string of the molecule is Cc1ccc(OC(=O)c2cc(C)c(C)c(C)c2)cc1. The van der Waals surface area contributed by atoms with Gasteiger partial charge in [-0.15, -0.1) is 0 Å². The Balaban J connectivity index is 2.23. The van der Waals surface area contributed by atoms with Crippen molar-refractivity contribution < 1.29 is 9.53 Å². The first-order chi connectivity index (χ1) is 8.97. The highest BCUT2D eigenvalue weighted by atomic mass is 16.5. The third-order valence-corrected chi connectivity index (χ3v) is 3.39. The van der Waals surface area contributed by atoms with Crippen molar-refractivity contribution >= 4 is 5.97 Å². The van der Waals surface area contributed by atoms with E-state index in [1.54, 1.807) is 12.1 Å². The summed E-state index contributed by atoms with van der Waals surface area (Å²) in [5.41, 5.74) is 5.17. The molecule has 0 aliphatic heterocycles. The number of rotatable bonds is 2. The van der Waals surface area contributed by atoms with Gasteiger partial charge in [0.1, 0.15) is 5.75 Å². The predicted molar refractivity (Wildman–Crippen MR) is 76.8 cm³/mol. The standard InChI is InChI=1S/C17H18O2/c1-11-5-7-16(8-6-11)19-17(18)15-9-12(2)14(4)13(3)10-15/h5-10H,1-4H3. The fourth-order valence-electron chi connectivity index (χ4n) is 1.93. The van der Waals surface area contributed by atoms with Gasteiger partial charge in [0.05, 0.1) is 5.56 Å². The van der Waals surface area contributed by atoms with Gasteiger partial charge in [0.2, 0.25) is 0 Å². The molecule has 0 amide bonds. The first-order valence-corrected chi connectivity index (χ1v) is 6.34. The molecule has 0 bridgehead atoms. The number of benzene rings is 2. The molecule has 0 saturated heterocycles. The molecule has 2 heteroatoms. The van der Waals surface area contributed by atoms with Crippen LogP contribution in [0.15, 0.2) is 36.4 Å². The predicted octanol–water partition coefficient (Wildman–Crippen LogP) is 4.14. The van der Waals surface area contributed by atoms with Crippen molar-refractivity contribution in [1.29, 1.82) is 0 Å². The average Bonchev–Trinajstić information content (AvgIpc) is 2.38. The highest BCUT2D eigenvalue weighted by Gasteiger charge is 2.11. The van der Waals surface area contributed by atoms with Crippen LogP contribution in [0.25, 0.3) is 0 Å². The molecule has 0 fully saturated rings. The maximum absolute atomic E-state index is 12.1. The topological polar surface area (TPSA) is 26.3 Å². The van der Waals surface area contributed by atoms with Gasteiger partial charge in [-0.2, -0.15) is 0 Å². The third-order valence-electron chi connectivity index (χ3n) is 3.39. The van der Waals surface area contributed by atoms with Crippen LogP contribution in [0.5, 0.6) is 5.75 Å². The maximum Gasteiger partial charge on any atom is 0.343 e. The van der Waals surface area contributed by atoms with E-state index in [1.165, 1.54) is 5.56 Å². The molecular weight excluding hydrogens is 236 g/mol. The van der Waals surface area contributed by atoms with Gasteiger partial charge in [0.15, 0.2) is 0 Å². The van der Waals surface area contributed by atoms with Crippen molar-refractivity contribution in [2.75, 3.05) is 0 Å². The molecular formula is C17H18O2. The van der Waals surface area contributed by atoms with Crippen LogP contribution in [0.1, 0.15) is 32.6 Å². The Kier molecular flexibility index (Phi) is 3.70. The monoisotopic (exact) mass is 254 g/mol. The Morgan fingerprint density at radius 1 is 0.895 bits per heavy atom. The van der Waals surface area contributed by atoms with Crippen LogP contribution in [0, 0.1) is 27.7 Å². The molecule has 0 saturated carbocycles. The summed E-state index contributed by atoms with van der Waals surface area (Å²) in [7, 11) is 0. The van der Waals surface area contributed by atoms with E-state index in [1.807, 2.05) is 45.0 Å². The molecule has 98 valence electrons. The van der Waals surface area contributed by atoms with Crippen molar-refractivity contribution in [3.8, 4) is 5.75 Å². The summed E-state index contributed by atoms with van der Waals surface area (Å²) in [5, 5.41) is 0. The number of aryl methyl sites for hydroxylation is 3. The molecule has 0 N–H and O–H groups in total. The third kappa shape index (κ3) is 3.02. The maximum atomic E-state index is 12.1. The number of hydrogen-bond acceptors (Lipinski definition) is 2. The van der Waals surface area contributed by atoms with E-state index >= 15 is 0 Å². The normalized spacial score (nSPS) is 10.3. The number of carbonyl (C=O) groups excluding carboxylic acids is 1. The Labute approximate surface area is 114 Å². The van der Waals surface area contributed by atoms with Crippen molar-refractivity contribution in [2.45, 2.75) is 27.7 Å². The van der Waals surface area contributed by atoms with Gasteiger partial charge in [0, 0.05) is 0 Å². The summed E-state index contributed by atoms with van der Waals surface area (Å²) in [6.07, 6.45) is 0. The van der Waals surface area contributed by atoms with E-state index in [-0.39, 0.29) is 5.97 Å². The minimum atomic E-state index is -0.310. The van der Waals surface area contributed by atoms with E-state index in [2.05, 4.69) is 6.92 Å². The molecule has 0 spiro atoms. The molecule has 0 heterocycles. The lowest BCUT2D eigenvalue weighted by Crippen LogP contribution is -2.09. The highest BCUT2D eigenvalue weighted by Crippen LogP contribution is 2.18. The van der Waals surface area contributed by atoms with Gasteiger partial charge in [-0.25, -0.2) is 4.79 Å². The summed E-state index contributed by atoms with van der Waals surface area (Å²) in [6.45, 7) is 8.06. The van der Waals surface area contributed by atoms with Crippen LogP contribution in [0.3, 0.4) is 0 Å². The first-order valence-electron chi connectivity index (χ1n) is 6.34. The summed E-state index contributed by atoms with van der Waals surface area (Å²) < 4.78 is 5.37. The van der Waals surface area contributed by atoms with Crippen LogP contribution in [0.4, 0.5) is 0 Å². The number of ether oxygens (including phenoxy) is 1. The first kappa shape index (κ1) is 13.3. The van der Waals surface area contributed by atoms with Crippen molar-refractivity contribution in [3.05, 3.63) is 64.2 Å². The second-order valence-corrected chi connectivity index (χ2v) is 4.94. The van der Waals surface area contributed by atoms with Crippen LogP contribution >= 0.6 is 0 Å². The Hall–Kier alpha value is -2.09. The van der Waals surface area contributed by atoms with Gasteiger partial charge in [-0.3, -0.25) is 0 Å². The van der Waals surface area contributed by atoms with Gasteiger partial charge >= 0.3 is 5.97 Å². The molecule has 0 aromatic heterocycles.